The van der Waals surface area contributed by atoms with Crippen LogP contribution >= 0.6 is 11.6 Å². The molecular weight excluding hydrogens is 450 g/mol. The summed E-state index contributed by atoms with van der Waals surface area (Å²) in [7, 11) is 0. The van der Waals surface area contributed by atoms with E-state index in [1.807, 2.05) is 59.0 Å². The van der Waals surface area contributed by atoms with Gasteiger partial charge in [-0.15, -0.1) is 0 Å². The molecule has 1 aliphatic carbocycles. The molecule has 1 amide bonds. The Kier molecular flexibility index (Phi) is 6.88. The molecular formula is C27H30ClN3O3. The number of amides is 1. The molecule has 0 spiro atoms. The van der Waals surface area contributed by atoms with Crippen molar-refractivity contribution in [2.45, 2.75) is 51.7 Å². The summed E-state index contributed by atoms with van der Waals surface area (Å²) in [5.41, 5.74) is 2.65. The number of rotatable bonds is 8. The molecule has 0 unspecified atom stereocenters. The lowest BCUT2D eigenvalue weighted by Crippen LogP contribution is -2.42. The number of aryl methyl sites for hydroxylation is 1. The molecule has 34 heavy (non-hydrogen) atoms. The van der Waals surface area contributed by atoms with Crippen LogP contribution in [0.4, 0.5) is 0 Å². The molecule has 1 aliphatic heterocycles. The number of ether oxygens (including phenoxy) is 2. The molecule has 0 bridgehead atoms. The van der Waals surface area contributed by atoms with E-state index in [9.17, 15) is 4.79 Å². The van der Waals surface area contributed by atoms with E-state index in [0.29, 0.717) is 29.7 Å². The van der Waals surface area contributed by atoms with Gasteiger partial charge in [0.05, 0.1) is 29.6 Å². The fraction of sp³-hybridized carbons (Fsp3) is 0.407. The second-order valence-corrected chi connectivity index (χ2v) is 9.59. The van der Waals surface area contributed by atoms with E-state index in [0.717, 1.165) is 55.7 Å². The van der Waals surface area contributed by atoms with E-state index in [-0.39, 0.29) is 17.9 Å². The van der Waals surface area contributed by atoms with E-state index in [4.69, 9.17) is 26.2 Å². The zero-order valence-electron chi connectivity index (χ0n) is 19.5. The molecule has 1 saturated carbocycles. The number of carbonyl (C=O) groups excluding carboxylic acids is 1. The molecule has 0 N–H and O–H groups in total. The second-order valence-electron chi connectivity index (χ2n) is 9.15. The normalized spacial score (nSPS) is 18.0. The number of nitrogens with zero attached hydrogens (tertiary/aromatic N) is 3. The molecule has 1 atom stereocenters. The standard InChI is InChI=1S/C27H30ClN3O3/c1-19-25(18-30(17-24-11-6-16-33-24)26(32)20-7-5-8-20)27(34-23-14-12-21(28)13-15-23)31(29-19)22-9-3-2-4-10-22/h2-4,9-10,12-15,20,24H,5-8,11,16-18H2,1H3/t24-/m1/s1. The van der Waals surface area contributed by atoms with Crippen molar-refractivity contribution in [1.82, 2.24) is 14.7 Å². The van der Waals surface area contributed by atoms with Crippen molar-refractivity contribution in [2.24, 2.45) is 5.92 Å². The first-order valence-electron chi connectivity index (χ1n) is 12.1. The van der Waals surface area contributed by atoms with Crippen molar-refractivity contribution in [1.29, 1.82) is 0 Å². The predicted molar refractivity (Wildman–Crippen MR) is 132 cm³/mol. The number of para-hydroxylation sites is 1. The highest BCUT2D eigenvalue weighted by Gasteiger charge is 2.33. The summed E-state index contributed by atoms with van der Waals surface area (Å²) < 4.78 is 14.1. The Morgan fingerprint density at radius 2 is 1.88 bits per heavy atom. The van der Waals surface area contributed by atoms with Crippen LogP contribution < -0.4 is 4.74 Å². The largest absolute Gasteiger partial charge is 0.439 e. The number of aromatic nitrogens is 2. The van der Waals surface area contributed by atoms with Gasteiger partial charge < -0.3 is 14.4 Å². The fourth-order valence-electron chi connectivity index (χ4n) is 4.55. The van der Waals surface area contributed by atoms with Crippen molar-refractivity contribution < 1.29 is 14.3 Å². The minimum Gasteiger partial charge on any atom is -0.439 e. The number of halogens is 1. The predicted octanol–water partition coefficient (Wildman–Crippen LogP) is 5.93. The van der Waals surface area contributed by atoms with E-state index in [2.05, 4.69) is 0 Å². The maximum atomic E-state index is 13.4. The molecule has 2 aliphatic rings. The summed E-state index contributed by atoms with van der Waals surface area (Å²) >= 11 is 6.08. The van der Waals surface area contributed by atoms with Crippen LogP contribution in [-0.2, 0) is 16.1 Å². The van der Waals surface area contributed by atoms with Crippen molar-refractivity contribution >= 4 is 17.5 Å². The van der Waals surface area contributed by atoms with Crippen LogP contribution in [0.3, 0.4) is 0 Å². The molecule has 0 radical (unpaired) electrons. The number of hydrogen-bond acceptors (Lipinski definition) is 4. The lowest BCUT2D eigenvalue weighted by atomic mass is 9.84. The fourth-order valence-corrected chi connectivity index (χ4v) is 4.68. The molecule has 2 aromatic carbocycles. The highest BCUT2D eigenvalue weighted by molar-refractivity contribution is 6.30. The Balaban J connectivity index is 1.50. The van der Waals surface area contributed by atoms with Gasteiger partial charge in [0.1, 0.15) is 5.75 Å². The number of carbonyl (C=O) groups is 1. The first-order valence-corrected chi connectivity index (χ1v) is 12.4. The van der Waals surface area contributed by atoms with Crippen LogP contribution in [-0.4, -0.2) is 39.8 Å². The molecule has 2 fully saturated rings. The quantitative estimate of drug-likeness (QED) is 0.401. The van der Waals surface area contributed by atoms with E-state index >= 15 is 0 Å². The minimum absolute atomic E-state index is 0.0918. The first kappa shape index (κ1) is 22.9. The highest BCUT2D eigenvalue weighted by atomic mass is 35.5. The molecule has 3 aromatic rings. The van der Waals surface area contributed by atoms with Crippen molar-refractivity contribution in [3.8, 4) is 17.3 Å². The van der Waals surface area contributed by atoms with Crippen LogP contribution in [0.2, 0.25) is 5.02 Å². The smallest absolute Gasteiger partial charge is 0.227 e. The van der Waals surface area contributed by atoms with Gasteiger partial charge >= 0.3 is 0 Å². The number of benzene rings is 2. The summed E-state index contributed by atoms with van der Waals surface area (Å²) in [6, 6.07) is 17.2. The van der Waals surface area contributed by atoms with Crippen LogP contribution in [0.15, 0.2) is 54.6 Å². The Morgan fingerprint density at radius 3 is 2.53 bits per heavy atom. The summed E-state index contributed by atoms with van der Waals surface area (Å²) in [6.07, 6.45) is 5.19. The van der Waals surface area contributed by atoms with Crippen LogP contribution in [0, 0.1) is 12.8 Å². The molecule has 1 aromatic heterocycles. The van der Waals surface area contributed by atoms with Crippen molar-refractivity contribution in [2.75, 3.05) is 13.2 Å². The van der Waals surface area contributed by atoms with Crippen LogP contribution in [0.5, 0.6) is 11.6 Å². The van der Waals surface area contributed by atoms with Gasteiger partial charge in [-0.2, -0.15) is 5.10 Å². The van der Waals surface area contributed by atoms with Crippen LogP contribution in [0.1, 0.15) is 43.4 Å². The molecule has 5 rings (SSSR count). The maximum Gasteiger partial charge on any atom is 0.227 e. The summed E-state index contributed by atoms with van der Waals surface area (Å²) in [4.78, 5) is 15.4. The second kappa shape index (κ2) is 10.2. The van der Waals surface area contributed by atoms with E-state index in [1.165, 1.54) is 0 Å². The van der Waals surface area contributed by atoms with Gasteiger partial charge in [-0.1, -0.05) is 36.2 Å². The van der Waals surface area contributed by atoms with Crippen molar-refractivity contribution in [3.63, 3.8) is 0 Å². The monoisotopic (exact) mass is 479 g/mol. The zero-order chi connectivity index (χ0) is 23.5. The third-order valence-electron chi connectivity index (χ3n) is 6.73. The Bertz CT molecular complexity index is 1120. The summed E-state index contributed by atoms with van der Waals surface area (Å²) in [5, 5.41) is 5.46. The minimum atomic E-state index is 0.0918. The lowest BCUT2D eigenvalue weighted by Gasteiger charge is -2.33. The van der Waals surface area contributed by atoms with E-state index in [1.54, 1.807) is 12.1 Å². The lowest BCUT2D eigenvalue weighted by molar-refractivity contribution is -0.140. The van der Waals surface area contributed by atoms with Gasteiger partial charge in [0, 0.05) is 24.1 Å². The van der Waals surface area contributed by atoms with Gasteiger partial charge in [0.2, 0.25) is 11.8 Å². The molecule has 7 heteroatoms. The highest BCUT2D eigenvalue weighted by Crippen LogP contribution is 2.34. The topological polar surface area (TPSA) is 56.6 Å². The molecule has 2 heterocycles. The zero-order valence-corrected chi connectivity index (χ0v) is 20.2. The molecule has 178 valence electrons. The van der Waals surface area contributed by atoms with Gasteiger partial charge in [-0.05, 0) is 69.0 Å². The van der Waals surface area contributed by atoms with Gasteiger partial charge in [0.25, 0.3) is 0 Å². The third-order valence-corrected chi connectivity index (χ3v) is 6.98. The first-order chi connectivity index (χ1) is 16.6. The van der Waals surface area contributed by atoms with Crippen LogP contribution in [0.25, 0.3) is 5.69 Å². The van der Waals surface area contributed by atoms with E-state index < -0.39 is 0 Å². The summed E-state index contributed by atoms with van der Waals surface area (Å²) in [6.45, 7) is 3.79. The molecule has 1 saturated heterocycles. The van der Waals surface area contributed by atoms with Gasteiger partial charge in [0.15, 0.2) is 0 Å². The Labute approximate surface area is 205 Å². The number of hydrogen-bond donors (Lipinski definition) is 0. The maximum absolute atomic E-state index is 13.4. The van der Waals surface area contributed by atoms with Gasteiger partial charge in [-0.25, -0.2) is 4.68 Å². The SMILES string of the molecule is Cc1nn(-c2ccccc2)c(Oc2ccc(Cl)cc2)c1CN(C[C@H]1CCCO1)C(=O)C1CCC1. The van der Waals surface area contributed by atoms with Crippen molar-refractivity contribution in [3.05, 3.63) is 70.9 Å². The average molecular weight is 480 g/mol. The Morgan fingerprint density at radius 1 is 1.12 bits per heavy atom. The van der Waals surface area contributed by atoms with Gasteiger partial charge in [-0.3, -0.25) is 4.79 Å². The Hall–Kier alpha value is -2.83. The summed E-state index contributed by atoms with van der Waals surface area (Å²) in [5.74, 6) is 1.61. The average Bonchev–Trinajstić information content (AvgIpc) is 3.43. The third kappa shape index (κ3) is 4.98. The molecule has 6 nitrogen and oxygen atoms in total.